The first kappa shape index (κ1) is 17.2. The molecule has 3 rings (SSSR count). The van der Waals surface area contributed by atoms with Gasteiger partial charge < -0.3 is 14.5 Å². The summed E-state index contributed by atoms with van der Waals surface area (Å²) in [7, 11) is 0. The Labute approximate surface area is 147 Å². The highest BCUT2D eigenvalue weighted by Gasteiger charge is 2.23. The average molecular weight is 354 g/mol. The first-order valence-corrected chi connectivity index (χ1v) is 7.69. The highest BCUT2D eigenvalue weighted by molar-refractivity contribution is 6.04. The SMILES string of the molecule is C[C@H](OC(=O)c1ccc([N+](=O)[O-])o1)C(=O)Nc1cccc2ccccc12. The number of furan rings is 1. The van der Waals surface area contributed by atoms with Crippen molar-refractivity contribution >= 4 is 34.2 Å². The van der Waals surface area contributed by atoms with E-state index in [1.54, 1.807) is 12.1 Å². The quantitative estimate of drug-likeness (QED) is 0.426. The lowest BCUT2D eigenvalue weighted by Crippen LogP contribution is -2.30. The molecule has 0 bridgehead atoms. The zero-order chi connectivity index (χ0) is 18.7. The van der Waals surface area contributed by atoms with Gasteiger partial charge in [0.25, 0.3) is 5.91 Å². The van der Waals surface area contributed by atoms with Crippen molar-refractivity contribution in [3.63, 3.8) is 0 Å². The van der Waals surface area contributed by atoms with Gasteiger partial charge >= 0.3 is 11.9 Å². The molecule has 26 heavy (non-hydrogen) atoms. The topological polar surface area (TPSA) is 112 Å². The molecule has 1 aromatic heterocycles. The van der Waals surface area contributed by atoms with E-state index in [1.165, 1.54) is 6.92 Å². The van der Waals surface area contributed by atoms with Crippen molar-refractivity contribution in [2.24, 2.45) is 0 Å². The van der Waals surface area contributed by atoms with Gasteiger partial charge in [0.1, 0.15) is 4.92 Å². The summed E-state index contributed by atoms with van der Waals surface area (Å²) in [6, 6.07) is 15.1. The van der Waals surface area contributed by atoms with Gasteiger partial charge in [-0.2, -0.15) is 0 Å². The van der Waals surface area contributed by atoms with Gasteiger partial charge in [-0.15, -0.1) is 0 Å². The summed E-state index contributed by atoms with van der Waals surface area (Å²) in [5.74, 6) is -2.42. The zero-order valence-corrected chi connectivity index (χ0v) is 13.7. The smallest absolute Gasteiger partial charge is 0.433 e. The molecule has 132 valence electrons. The lowest BCUT2D eigenvalue weighted by Gasteiger charge is -2.14. The number of benzene rings is 2. The summed E-state index contributed by atoms with van der Waals surface area (Å²) in [6.07, 6.45) is -1.12. The second-order valence-electron chi connectivity index (χ2n) is 5.46. The maximum absolute atomic E-state index is 12.3. The first-order valence-electron chi connectivity index (χ1n) is 7.69. The van der Waals surface area contributed by atoms with Gasteiger partial charge in [0, 0.05) is 11.1 Å². The minimum atomic E-state index is -1.12. The number of rotatable bonds is 5. The summed E-state index contributed by atoms with van der Waals surface area (Å²) in [6.45, 7) is 1.40. The molecule has 0 aliphatic rings. The molecule has 0 aliphatic heterocycles. The molecule has 8 nitrogen and oxygen atoms in total. The van der Waals surface area contributed by atoms with Crippen LogP contribution >= 0.6 is 0 Å². The summed E-state index contributed by atoms with van der Waals surface area (Å²) in [5, 5.41) is 15.1. The third kappa shape index (κ3) is 3.54. The van der Waals surface area contributed by atoms with Crippen molar-refractivity contribution in [1.29, 1.82) is 0 Å². The van der Waals surface area contributed by atoms with Crippen molar-refractivity contribution in [3.05, 3.63) is 70.5 Å². The van der Waals surface area contributed by atoms with E-state index >= 15 is 0 Å². The molecule has 0 unspecified atom stereocenters. The third-order valence-corrected chi connectivity index (χ3v) is 3.67. The molecule has 0 spiro atoms. The number of ether oxygens (including phenoxy) is 1. The van der Waals surface area contributed by atoms with Crippen LogP contribution in [0.1, 0.15) is 17.5 Å². The van der Waals surface area contributed by atoms with E-state index in [2.05, 4.69) is 5.32 Å². The van der Waals surface area contributed by atoms with Crippen molar-refractivity contribution in [2.75, 3.05) is 5.32 Å². The number of nitrogens with one attached hydrogen (secondary N) is 1. The van der Waals surface area contributed by atoms with Crippen LogP contribution in [0.2, 0.25) is 0 Å². The van der Waals surface area contributed by atoms with Crippen LogP contribution < -0.4 is 5.32 Å². The molecule has 1 atom stereocenters. The van der Waals surface area contributed by atoms with Crippen LogP contribution in [0.5, 0.6) is 0 Å². The first-order chi connectivity index (χ1) is 12.5. The van der Waals surface area contributed by atoms with Crippen LogP contribution in [-0.2, 0) is 9.53 Å². The number of carbonyl (C=O) groups excluding carboxylic acids is 2. The number of carbonyl (C=O) groups is 2. The molecule has 0 saturated carbocycles. The fraction of sp³-hybridized carbons (Fsp3) is 0.111. The van der Waals surface area contributed by atoms with E-state index in [-0.39, 0.29) is 5.76 Å². The van der Waals surface area contributed by atoms with E-state index in [0.29, 0.717) is 5.69 Å². The Kier molecular flexibility index (Phi) is 4.66. The lowest BCUT2D eigenvalue weighted by atomic mass is 10.1. The number of hydrogen-bond acceptors (Lipinski definition) is 6. The third-order valence-electron chi connectivity index (χ3n) is 3.67. The maximum atomic E-state index is 12.3. The number of nitrogens with zero attached hydrogens (tertiary/aromatic N) is 1. The largest absolute Gasteiger partial charge is 0.447 e. The highest BCUT2D eigenvalue weighted by atomic mass is 16.7. The molecule has 0 fully saturated rings. The summed E-state index contributed by atoms with van der Waals surface area (Å²) >= 11 is 0. The minimum Gasteiger partial charge on any atom is -0.447 e. The fourth-order valence-electron chi connectivity index (χ4n) is 2.38. The molecule has 1 N–H and O–H groups in total. The monoisotopic (exact) mass is 354 g/mol. The van der Waals surface area contributed by atoms with Crippen LogP contribution in [0.4, 0.5) is 11.6 Å². The van der Waals surface area contributed by atoms with Crippen LogP contribution in [0.25, 0.3) is 10.8 Å². The summed E-state index contributed by atoms with van der Waals surface area (Å²) in [4.78, 5) is 34.1. The van der Waals surface area contributed by atoms with Crippen molar-refractivity contribution < 1.29 is 23.7 Å². The standard InChI is InChI=1S/C18H14N2O6/c1-11(25-18(22)15-9-10-16(26-15)20(23)24)17(21)19-14-8-4-6-12-5-2-3-7-13(12)14/h2-11H,1H3,(H,19,21)/t11-/m0/s1. The molecule has 0 radical (unpaired) electrons. The molecular formula is C18H14N2O6. The Morgan fingerprint density at radius 2 is 1.85 bits per heavy atom. The zero-order valence-electron chi connectivity index (χ0n) is 13.7. The van der Waals surface area contributed by atoms with Crippen LogP contribution in [0.3, 0.4) is 0 Å². The van der Waals surface area contributed by atoms with Crippen LogP contribution in [0, 0.1) is 10.1 Å². The van der Waals surface area contributed by atoms with Gasteiger partial charge in [0.15, 0.2) is 6.10 Å². The Balaban J connectivity index is 1.69. The van der Waals surface area contributed by atoms with Gasteiger partial charge in [-0.1, -0.05) is 36.4 Å². The lowest BCUT2D eigenvalue weighted by molar-refractivity contribution is -0.402. The molecule has 3 aromatic rings. The number of anilines is 1. The van der Waals surface area contributed by atoms with Crippen LogP contribution in [0.15, 0.2) is 59.0 Å². The predicted molar refractivity (Wildman–Crippen MR) is 92.8 cm³/mol. The number of fused-ring (bicyclic) bond motifs is 1. The van der Waals surface area contributed by atoms with Crippen LogP contribution in [-0.4, -0.2) is 22.9 Å². The number of esters is 1. The Hall–Kier alpha value is -3.68. The van der Waals surface area contributed by atoms with E-state index in [1.807, 2.05) is 30.3 Å². The molecule has 8 heteroatoms. The predicted octanol–water partition coefficient (Wildman–Crippen LogP) is 3.53. The van der Waals surface area contributed by atoms with E-state index < -0.39 is 28.8 Å². The normalized spacial score (nSPS) is 11.7. The van der Waals surface area contributed by atoms with E-state index in [9.17, 15) is 19.7 Å². The number of nitro groups is 1. The number of amides is 1. The molecule has 0 saturated heterocycles. The van der Waals surface area contributed by atoms with Gasteiger partial charge in [0.2, 0.25) is 5.76 Å². The van der Waals surface area contributed by atoms with Gasteiger partial charge in [0.05, 0.1) is 6.07 Å². The summed E-state index contributed by atoms with van der Waals surface area (Å²) in [5.41, 5.74) is 0.588. The second-order valence-corrected chi connectivity index (χ2v) is 5.46. The molecular weight excluding hydrogens is 340 g/mol. The molecule has 1 heterocycles. The second kappa shape index (κ2) is 7.06. The Bertz CT molecular complexity index is 989. The van der Waals surface area contributed by atoms with Crippen molar-refractivity contribution in [2.45, 2.75) is 13.0 Å². The average Bonchev–Trinajstić information content (AvgIpc) is 3.12. The Morgan fingerprint density at radius 3 is 2.58 bits per heavy atom. The Morgan fingerprint density at radius 1 is 1.12 bits per heavy atom. The van der Waals surface area contributed by atoms with Gasteiger partial charge in [-0.3, -0.25) is 14.9 Å². The van der Waals surface area contributed by atoms with Gasteiger partial charge in [-0.05, 0) is 24.4 Å². The molecule has 2 aromatic carbocycles. The number of hydrogen-bond donors (Lipinski definition) is 1. The fourth-order valence-corrected chi connectivity index (χ4v) is 2.38. The summed E-state index contributed by atoms with van der Waals surface area (Å²) < 4.78 is 9.77. The highest BCUT2D eigenvalue weighted by Crippen LogP contribution is 2.23. The van der Waals surface area contributed by atoms with Crippen molar-refractivity contribution in [1.82, 2.24) is 0 Å². The van der Waals surface area contributed by atoms with Crippen molar-refractivity contribution in [3.8, 4) is 0 Å². The van der Waals surface area contributed by atoms with E-state index in [4.69, 9.17) is 9.15 Å². The molecule has 0 aliphatic carbocycles. The maximum Gasteiger partial charge on any atom is 0.433 e. The minimum absolute atomic E-state index is 0.346. The van der Waals surface area contributed by atoms with E-state index in [0.717, 1.165) is 22.9 Å². The van der Waals surface area contributed by atoms with Gasteiger partial charge in [-0.25, -0.2) is 4.79 Å². The molecule has 1 amide bonds.